The zero-order chi connectivity index (χ0) is 21.3. The van der Waals surface area contributed by atoms with Gasteiger partial charge >= 0.3 is 0 Å². The fraction of sp³-hybridized carbons (Fsp3) is 0.500. The number of aliphatic hydroxyl groups excluding tert-OH is 1. The van der Waals surface area contributed by atoms with Crippen LogP contribution in [0.15, 0.2) is 42.5 Å². The molecular weight excluding hydrogens is 382 g/mol. The number of aliphatic hydroxyl groups is 1. The fourth-order valence-electron chi connectivity index (χ4n) is 3.93. The summed E-state index contributed by atoms with van der Waals surface area (Å²) in [5, 5.41) is 9.80. The summed E-state index contributed by atoms with van der Waals surface area (Å²) in [4.78, 5) is 2.22. The van der Waals surface area contributed by atoms with Gasteiger partial charge in [-0.25, -0.2) is 0 Å². The summed E-state index contributed by atoms with van der Waals surface area (Å²) < 4.78 is 22.1. The third-order valence-electron chi connectivity index (χ3n) is 5.59. The van der Waals surface area contributed by atoms with Crippen molar-refractivity contribution >= 4 is 0 Å². The third-order valence-corrected chi connectivity index (χ3v) is 5.59. The first-order valence-electron chi connectivity index (χ1n) is 10.5. The van der Waals surface area contributed by atoms with Crippen molar-refractivity contribution in [2.75, 3.05) is 41.2 Å². The highest BCUT2D eigenvalue weighted by Crippen LogP contribution is 2.29. The third kappa shape index (κ3) is 6.11. The molecule has 1 N–H and O–H groups in total. The predicted octanol–water partition coefficient (Wildman–Crippen LogP) is 3.30. The second kappa shape index (κ2) is 11.2. The van der Waals surface area contributed by atoms with Gasteiger partial charge in [-0.05, 0) is 62.1 Å². The maximum Gasteiger partial charge on any atom is 0.188 e. The van der Waals surface area contributed by atoms with Crippen molar-refractivity contribution in [2.45, 2.75) is 37.8 Å². The van der Waals surface area contributed by atoms with Gasteiger partial charge in [-0.1, -0.05) is 24.3 Å². The Morgan fingerprint density at radius 3 is 2.57 bits per heavy atom. The number of aryl methyl sites for hydroxylation is 2. The molecule has 2 aromatic rings. The summed E-state index contributed by atoms with van der Waals surface area (Å²) in [5.74, 6) is 2.32. The largest absolute Gasteiger partial charge is 0.493 e. The van der Waals surface area contributed by atoms with Crippen molar-refractivity contribution in [1.29, 1.82) is 0 Å². The van der Waals surface area contributed by atoms with Crippen molar-refractivity contribution in [3.05, 3.63) is 53.6 Å². The summed E-state index contributed by atoms with van der Waals surface area (Å²) >= 11 is 0. The molecule has 0 bridgehead atoms. The molecule has 1 aliphatic rings. The number of ether oxygens (including phenoxy) is 4. The Balaban J connectivity index is 1.56. The Morgan fingerprint density at radius 1 is 1.00 bits per heavy atom. The molecule has 0 aromatic heterocycles. The number of nitrogens with zero attached hydrogens (tertiary/aromatic N) is 1. The van der Waals surface area contributed by atoms with Gasteiger partial charge in [0.1, 0.15) is 5.75 Å². The minimum atomic E-state index is -0.212. The van der Waals surface area contributed by atoms with E-state index >= 15 is 0 Å². The standard InChI is InChI=1S/C24H33NO5/c1-25-16-21(26)15-20(25)12-13-29-22-7-5-4-6-19(22)10-8-18-9-11-23(30-17-27-2)24(14-18)28-3/h4-7,9,11,14,20-21,26H,8,10,12-13,15-17H2,1-3H3/t20-,21-/m1/s1. The van der Waals surface area contributed by atoms with E-state index in [-0.39, 0.29) is 12.9 Å². The SMILES string of the molecule is COCOc1ccc(CCc2ccccc2OCC[C@@H]2C[C@@H](O)CN2C)cc1OC. The minimum absolute atomic E-state index is 0.191. The number of hydrogen-bond acceptors (Lipinski definition) is 6. The van der Waals surface area contributed by atoms with Crippen LogP contribution in [0.4, 0.5) is 0 Å². The lowest BCUT2D eigenvalue weighted by atomic mass is 10.0. The highest BCUT2D eigenvalue weighted by Gasteiger charge is 2.27. The van der Waals surface area contributed by atoms with Crippen molar-refractivity contribution in [3.63, 3.8) is 0 Å². The molecule has 1 aliphatic heterocycles. The van der Waals surface area contributed by atoms with Crippen molar-refractivity contribution < 1.29 is 24.1 Å². The zero-order valence-electron chi connectivity index (χ0n) is 18.2. The van der Waals surface area contributed by atoms with Crippen molar-refractivity contribution in [2.24, 2.45) is 0 Å². The highest BCUT2D eigenvalue weighted by atomic mass is 16.7. The van der Waals surface area contributed by atoms with E-state index in [1.54, 1.807) is 14.2 Å². The minimum Gasteiger partial charge on any atom is -0.493 e. The van der Waals surface area contributed by atoms with E-state index in [9.17, 15) is 5.11 Å². The average Bonchev–Trinajstić information content (AvgIpc) is 3.08. The second-order valence-corrected chi connectivity index (χ2v) is 7.76. The van der Waals surface area contributed by atoms with Crippen LogP contribution in [0.5, 0.6) is 17.2 Å². The first kappa shape index (κ1) is 22.4. The van der Waals surface area contributed by atoms with Gasteiger partial charge in [0.2, 0.25) is 0 Å². The maximum absolute atomic E-state index is 9.80. The van der Waals surface area contributed by atoms with Crippen LogP contribution in [-0.2, 0) is 17.6 Å². The molecule has 6 nitrogen and oxygen atoms in total. The Kier molecular flexibility index (Phi) is 8.37. The van der Waals surface area contributed by atoms with E-state index in [1.165, 1.54) is 11.1 Å². The topological polar surface area (TPSA) is 60.4 Å². The van der Waals surface area contributed by atoms with Crippen molar-refractivity contribution in [1.82, 2.24) is 4.90 Å². The summed E-state index contributed by atoms with van der Waals surface area (Å²) in [6.07, 6.45) is 3.28. The number of β-amino-alcohol motifs (C(OH)–C–C–N with tert-alkyl or cyclic N) is 1. The first-order chi connectivity index (χ1) is 14.6. The van der Waals surface area contributed by atoms with Crippen LogP contribution >= 0.6 is 0 Å². The number of likely N-dealkylation sites (N-methyl/N-ethyl adjacent to an activating group) is 1. The molecule has 6 heteroatoms. The van der Waals surface area contributed by atoms with Gasteiger partial charge in [-0.3, -0.25) is 0 Å². The number of rotatable bonds is 11. The molecular formula is C24H33NO5. The van der Waals surface area contributed by atoms with Gasteiger partial charge in [-0.15, -0.1) is 0 Å². The summed E-state index contributed by atoms with van der Waals surface area (Å²) in [6, 6.07) is 14.6. The van der Waals surface area contributed by atoms with Gasteiger partial charge in [0.15, 0.2) is 18.3 Å². The zero-order valence-corrected chi connectivity index (χ0v) is 18.2. The normalized spacial score (nSPS) is 19.1. The van der Waals surface area contributed by atoms with Gasteiger partial charge in [0.25, 0.3) is 0 Å². The summed E-state index contributed by atoms with van der Waals surface area (Å²) in [5.41, 5.74) is 2.36. The molecule has 0 amide bonds. The van der Waals surface area contributed by atoms with Crippen molar-refractivity contribution in [3.8, 4) is 17.2 Å². The van der Waals surface area contributed by atoms with E-state index in [1.807, 2.05) is 30.3 Å². The molecule has 0 unspecified atom stereocenters. The number of hydrogen-bond donors (Lipinski definition) is 1. The van der Waals surface area contributed by atoms with Gasteiger partial charge in [-0.2, -0.15) is 0 Å². The second-order valence-electron chi connectivity index (χ2n) is 7.76. The van der Waals surface area contributed by atoms with Crippen LogP contribution in [0.1, 0.15) is 24.0 Å². The van der Waals surface area contributed by atoms with Crippen LogP contribution < -0.4 is 14.2 Å². The van der Waals surface area contributed by atoms with Crippen LogP contribution in [-0.4, -0.2) is 63.4 Å². The number of likely N-dealkylation sites (tertiary alicyclic amines) is 1. The van der Waals surface area contributed by atoms with Crippen LogP contribution in [0.2, 0.25) is 0 Å². The number of benzene rings is 2. The molecule has 3 rings (SSSR count). The smallest absolute Gasteiger partial charge is 0.188 e. The van der Waals surface area contributed by atoms with E-state index in [0.29, 0.717) is 24.1 Å². The first-order valence-corrected chi connectivity index (χ1v) is 10.5. The quantitative estimate of drug-likeness (QED) is 0.569. The monoisotopic (exact) mass is 415 g/mol. The molecule has 2 atom stereocenters. The Labute approximate surface area is 179 Å². The Morgan fingerprint density at radius 2 is 1.83 bits per heavy atom. The van der Waals surface area contributed by atoms with E-state index < -0.39 is 0 Å². The van der Waals surface area contributed by atoms with Crippen LogP contribution in [0.25, 0.3) is 0 Å². The molecule has 2 aromatic carbocycles. The molecule has 0 saturated carbocycles. The molecule has 0 spiro atoms. The molecule has 0 radical (unpaired) electrons. The van der Waals surface area contributed by atoms with E-state index in [2.05, 4.69) is 24.1 Å². The molecule has 164 valence electrons. The Hall–Kier alpha value is -2.28. The van der Waals surface area contributed by atoms with Crippen LogP contribution in [0, 0.1) is 0 Å². The molecule has 1 fully saturated rings. The molecule has 1 saturated heterocycles. The lowest BCUT2D eigenvalue weighted by Gasteiger charge is -2.19. The van der Waals surface area contributed by atoms with E-state index in [0.717, 1.165) is 38.0 Å². The maximum atomic E-state index is 9.80. The average molecular weight is 416 g/mol. The predicted molar refractivity (Wildman–Crippen MR) is 117 cm³/mol. The van der Waals surface area contributed by atoms with Gasteiger partial charge < -0.3 is 29.0 Å². The van der Waals surface area contributed by atoms with Crippen LogP contribution in [0.3, 0.4) is 0 Å². The number of para-hydroxylation sites is 1. The van der Waals surface area contributed by atoms with Gasteiger partial charge in [0, 0.05) is 19.7 Å². The van der Waals surface area contributed by atoms with Gasteiger partial charge in [0.05, 0.1) is 19.8 Å². The fourth-order valence-corrected chi connectivity index (χ4v) is 3.93. The van der Waals surface area contributed by atoms with E-state index in [4.69, 9.17) is 18.9 Å². The number of methoxy groups -OCH3 is 2. The summed E-state index contributed by atoms with van der Waals surface area (Å²) in [6.45, 7) is 1.59. The molecule has 1 heterocycles. The highest BCUT2D eigenvalue weighted by molar-refractivity contribution is 5.43. The molecule has 30 heavy (non-hydrogen) atoms. The molecule has 0 aliphatic carbocycles. The lowest BCUT2D eigenvalue weighted by Crippen LogP contribution is -2.26. The Bertz CT molecular complexity index is 797. The lowest BCUT2D eigenvalue weighted by molar-refractivity contribution is 0.0491. The summed E-state index contributed by atoms with van der Waals surface area (Å²) in [7, 11) is 5.30.